The van der Waals surface area contributed by atoms with Gasteiger partial charge in [0, 0.05) is 11.6 Å². The minimum Gasteiger partial charge on any atom is -0.277 e. The van der Waals surface area contributed by atoms with Gasteiger partial charge in [-0.25, -0.2) is 4.79 Å². The Hall–Kier alpha value is -2.14. The smallest absolute Gasteiger partial charge is 0.277 e. The second-order valence-electron chi connectivity index (χ2n) is 5.01. The van der Waals surface area contributed by atoms with Gasteiger partial charge in [0.05, 0.1) is 0 Å². The Morgan fingerprint density at radius 1 is 1.33 bits per heavy atom. The molecule has 0 radical (unpaired) electrons. The van der Waals surface area contributed by atoms with Gasteiger partial charge in [-0.2, -0.15) is 0 Å². The molecular formula is C15H15ClN2O3. The maximum absolute atomic E-state index is 12.4. The molecule has 6 heteroatoms. The van der Waals surface area contributed by atoms with Gasteiger partial charge in [0.2, 0.25) is 11.8 Å². The van der Waals surface area contributed by atoms with E-state index in [1.54, 1.807) is 30.3 Å². The molecule has 1 N–H and O–H groups in total. The molecule has 110 valence electrons. The lowest BCUT2D eigenvalue weighted by molar-refractivity contribution is -0.138. The lowest BCUT2D eigenvalue weighted by Gasteiger charge is -2.29. The van der Waals surface area contributed by atoms with Crippen molar-refractivity contribution in [2.75, 3.05) is 6.54 Å². The summed E-state index contributed by atoms with van der Waals surface area (Å²) in [5.74, 6) is -2.21. The van der Waals surface area contributed by atoms with E-state index in [1.807, 2.05) is 13.8 Å². The normalized spacial score (nSPS) is 18.5. The summed E-state index contributed by atoms with van der Waals surface area (Å²) < 4.78 is 0. The van der Waals surface area contributed by atoms with Crippen LogP contribution in [0.5, 0.6) is 0 Å². The molecule has 1 atom stereocenters. The standard InChI is InChI=1S/C15H15ClN2O3/c1-9(2)6-7-18-14(20)12(13(19)17-15(18)21)10-4-3-5-11(16)8-10/h3-6,8,12H,7H2,1-2H3,(H,17,19,21). The summed E-state index contributed by atoms with van der Waals surface area (Å²) in [5.41, 5.74) is 1.45. The van der Waals surface area contributed by atoms with Crippen LogP contribution in [0.3, 0.4) is 0 Å². The Bertz CT molecular complexity index is 636. The number of hydrogen-bond donors (Lipinski definition) is 1. The van der Waals surface area contributed by atoms with Crippen LogP contribution in [0.25, 0.3) is 0 Å². The fourth-order valence-electron chi connectivity index (χ4n) is 2.04. The number of nitrogens with one attached hydrogen (secondary N) is 1. The summed E-state index contributed by atoms with van der Waals surface area (Å²) in [6, 6.07) is 5.82. The highest BCUT2D eigenvalue weighted by atomic mass is 35.5. The van der Waals surface area contributed by atoms with E-state index in [9.17, 15) is 14.4 Å². The number of imide groups is 2. The fraction of sp³-hybridized carbons (Fsp3) is 0.267. The third kappa shape index (κ3) is 3.31. The maximum atomic E-state index is 12.4. The van der Waals surface area contributed by atoms with Gasteiger partial charge in [-0.3, -0.25) is 19.8 Å². The minimum absolute atomic E-state index is 0.136. The zero-order chi connectivity index (χ0) is 15.6. The number of nitrogens with zero attached hydrogens (tertiary/aromatic N) is 1. The van der Waals surface area contributed by atoms with Crippen molar-refractivity contribution < 1.29 is 14.4 Å². The van der Waals surface area contributed by atoms with E-state index < -0.39 is 23.8 Å². The van der Waals surface area contributed by atoms with Gasteiger partial charge >= 0.3 is 6.03 Å². The van der Waals surface area contributed by atoms with Crippen molar-refractivity contribution >= 4 is 29.4 Å². The Morgan fingerprint density at radius 3 is 2.67 bits per heavy atom. The summed E-state index contributed by atoms with van der Waals surface area (Å²) >= 11 is 5.89. The van der Waals surface area contributed by atoms with Gasteiger partial charge in [0.25, 0.3) is 0 Å². The number of carbonyl (C=O) groups is 3. The average Bonchev–Trinajstić information content (AvgIpc) is 2.37. The quantitative estimate of drug-likeness (QED) is 0.689. The summed E-state index contributed by atoms with van der Waals surface area (Å²) in [4.78, 5) is 37.2. The number of rotatable bonds is 3. The van der Waals surface area contributed by atoms with Crippen molar-refractivity contribution in [1.82, 2.24) is 10.2 Å². The molecule has 1 aliphatic rings. The molecule has 21 heavy (non-hydrogen) atoms. The number of urea groups is 1. The third-order valence-corrected chi connectivity index (χ3v) is 3.35. The number of amides is 4. The predicted molar refractivity (Wildman–Crippen MR) is 78.9 cm³/mol. The second kappa shape index (κ2) is 6.10. The molecule has 1 aliphatic heterocycles. The van der Waals surface area contributed by atoms with Gasteiger partial charge in [-0.05, 0) is 31.5 Å². The Morgan fingerprint density at radius 2 is 2.05 bits per heavy atom. The SMILES string of the molecule is CC(C)=CCN1C(=O)NC(=O)C(c2cccc(Cl)c2)C1=O. The molecule has 1 heterocycles. The van der Waals surface area contributed by atoms with Crippen LogP contribution in [0.1, 0.15) is 25.3 Å². The zero-order valence-electron chi connectivity index (χ0n) is 11.7. The van der Waals surface area contributed by atoms with Gasteiger partial charge in [-0.1, -0.05) is 35.4 Å². The lowest BCUT2D eigenvalue weighted by Crippen LogP contribution is -2.56. The van der Waals surface area contributed by atoms with Crippen molar-refractivity contribution in [3.05, 3.63) is 46.5 Å². The highest BCUT2D eigenvalue weighted by Crippen LogP contribution is 2.25. The van der Waals surface area contributed by atoms with Crippen molar-refractivity contribution in [2.24, 2.45) is 0 Å². The third-order valence-electron chi connectivity index (χ3n) is 3.11. The molecule has 0 bridgehead atoms. The van der Waals surface area contributed by atoms with Crippen LogP contribution in [0.4, 0.5) is 4.79 Å². The molecule has 0 saturated carbocycles. The van der Waals surface area contributed by atoms with E-state index >= 15 is 0 Å². The van der Waals surface area contributed by atoms with E-state index in [4.69, 9.17) is 11.6 Å². The predicted octanol–water partition coefficient (Wildman–Crippen LogP) is 2.47. The first kappa shape index (κ1) is 15.3. The summed E-state index contributed by atoms with van der Waals surface area (Å²) in [6.45, 7) is 3.87. The summed E-state index contributed by atoms with van der Waals surface area (Å²) in [7, 11) is 0. The number of benzene rings is 1. The number of hydrogen-bond acceptors (Lipinski definition) is 3. The molecule has 1 aromatic carbocycles. The molecule has 0 aliphatic carbocycles. The number of carbonyl (C=O) groups excluding carboxylic acids is 3. The topological polar surface area (TPSA) is 66.5 Å². The van der Waals surface area contributed by atoms with Crippen molar-refractivity contribution in [3.8, 4) is 0 Å². The molecule has 4 amide bonds. The molecule has 1 fully saturated rings. The first-order chi connectivity index (χ1) is 9.90. The van der Waals surface area contributed by atoms with Crippen LogP contribution in [-0.2, 0) is 9.59 Å². The first-order valence-corrected chi connectivity index (χ1v) is 6.83. The summed E-state index contributed by atoms with van der Waals surface area (Å²) in [5, 5.41) is 2.64. The lowest BCUT2D eigenvalue weighted by atomic mass is 9.95. The molecule has 2 rings (SSSR count). The Labute approximate surface area is 127 Å². The fourth-order valence-corrected chi connectivity index (χ4v) is 2.24. The van der Waals surface area contributed by atoms with E-state index in [0.29, 0.717) is 10.6 Å². The van der Waals surface area contributed by atoms with Crippen LogP contribution in [0, 0.1) is 0 Å². The van der Waals surface area contributed by atoms with Gasteiger partial charge in [0.15, 0.2) is 0 Å². The zero-order valence-corrected chi connectivity index (χ0v) is 12.5. The van der Waals surface area contributed by atoms with Crippen LogP contribution >= 0.6 is 11.6 Å². The first-order valence-electron chi connectivity index (χ1n) is 6.45. The van der Waals surface area contributed by atoms with Gasteiger partial charge in [0.1, 0.15) is 5.92 Å². The molecular weight excluding hydrogens is 292 g/mol. The van der Waals surface area contributed by atoms with Crippen LogP contribution in [0.15, 0.2) is 35.9 Å². The van der Waals surface area contributed by atoms with E-state index in [2.05, 4.69) is 5.32 Å². The monoisotopic (exact) mass is 306 g/mol. The second-order valence-corrected chi connectivity index (χ2v) is 5.45. The van der Waals surface area contributed by atoms with Gasteiger partial charge in [-0.15, -0.1) is 0 Å². The number of halogens is 1. The van der Waals surface area contributed by atoms with Crippen LogP contribution in [0.2, 0.25) is 5.02 Å². The van der Waals surface area contributed by atoms with Crippen molar-refractivity contribution in [1.29, 1.82) is 0 Å². The molecule has 0 aromatic heterocycles. The van der Waals surface area contributed by atoms with Gasteiger partial charge < -0.3 is 0 Å². The van der Waals surface area contributed by atoms with E-state index in [1.165, 1.54) is 0 Å². The van der Waals surface area contributed by atoms with Crippen LogP contribution < -0.4 is 5.32 Å². The van der Waals surface area contributed by atoms with E-state index in [-0.39, 0.29) is 6.54 Å². The molecule has 1 unspecified atom stereocenters. The molecule has 1 saturated heterocycles. The highest BCUT2D eigenvalue weighted by molar-refractivity contribution is 6.30. The molecule has 1 aromatic rings. The number of allylic oxidation sites excluding steroid dienone is 1. The van der Waals surface area contributed by atoms with Crippen LogP contribution in [-0.4, -0.2) is 29.3 Å². The van der Waals surface area contributed by atoms with E-state index in [0.717, 1.165) is 10.5 Å². The maximum Gasteiger partial charge on any atom is 0.331 e. The highest BCUT2D eigenvalue weighted by Gasteiger charge is 2.40. The largest absolute Gasteiger partial charge is 0.331 e. The minimum atomic E-state index is -1.05. The number of barbiturate groups is 1. The van der Waals surface area contributed by atoms with Crippen molar-refractivity contribution in [2.45, 2.75) is 19.8 Å². The average molecular weight is 307 g/mol. The Balaban J connectivity index is 2.33. The summed E-state index contributed by atoms with van der Waals surface area (Å²) in [6.07, 6.45) is 1.75. The Kier molecular flexibility index (Phi) is 4.43. The molecule has 0 spiro atoms. The van der Waals surface area contributed by atoms with Crippen molar-refractivity contribution in [3.63, 3.8) is 0 Å². The molecule has 5 nitrogen and oxygen atoms in total.